The molecule has 0 aliphatic heterocycles. The van der Waals surface area contributed by atoms with Gasteiger partial charge in [0.1, 0.15) is 0 Å². The van der Waals surface area contributed by atoms with E-state index in [-0.39, 0.29) is 11.6 Å². The summed E-state index contributed by atoms with van der Waals surface area (Å²) in [7, 11) is 4.18. The molecule has 0 aliphatic rings. The van der Waals surface area contributed by atoms with Gasteiger partial charge < -0.3 is 4.90 Å². The van der Waals surface area contributed by atoms with E-state index < -0.39 is 0 Å². The molecule has 3 heteroatoms. The smallest absolute Gasteiger partial charge is 0.0429 e. The van der Waals surface area contributed by atoms with Crippen molar-refractivity contribution >= 4 is 0 Å². The molecule has 1 atom stereocenters. The summed E-state index contributed by atoms with van der Waals surface area (Å²) in [5.41, 5.74) is 5.68. The Kier molecular flexibility index (Phi) is 5.53. The van der Waals surface area contributed by atoms with Crippen LogP contribution in [-0.2, 0) is 6.42 Å². The maximum absolute atomic E-state index is 5.75. The molecule has 0 aliphatic carbocycles. The minimum Gasteiger partial charge on any atom is -0.303 e. The topological polar surface area (TPSA) is 41.3 Å². The van der Waals surface area contributed by atoms with Gasteiger partial charge in [-0.3, -0.25) is 11.3 Å². The average molecular weight is 263 g/mol. The van der Waals surface area contributed by atoms with Crippen LogP contribution in [0.5, 0.6) is 0 Å². The van der Waals surface area contributed by atoms with Crippen molar-refractivity contribution in [2.75, 3.05) is 14.1 Å². The van der Waals surface area contributed by atoms with E-state index in [1.54, 1.807) is 0 Å². The van der Waals surface area contributed by atoms with Crippen molar-refractivity contribution in [2.24, 2.45) is 5.84 Å². The van der Waals surface area contributed by atoms with Crippen molar-refractivity contribution in [1.82, 2.24) is 10.3 Å². The third kappa shape index (κ3) is 4.03. The summed E-state index contributed by atoms with van der Waals surface area (Å²) in [5.74, 6) is 6.33. The molecule has 0 heterocycles. The molecular weight excluding hydrogens is 234 g/mol. The van der Waals surface area contributed by atoms with Crippen LogP contribution < -0.4 is 11.3 Å². The molecule has 1 unspecified atom stereocenters. The van der Waals surface area contributed by atoms with E-state index in [9.17, 15) is 0 Å². The molecule has 0 fully saturated rings. The Morgan fingerprint density at radius 2 is 1.68 bits per heavy atom. The summed E-state index contributed by atoms with van der Waals surface area (Å²) < 4.78 is 0. The monoisotopic (exact) mass is 263 g/mol. The molecular formula is C16H29N3. The first kappa shape index (κ1) is 16.2. The first-order valence-electron chi connectivity index (χ1n) is 7.01. The van der Waals surface area contributed by atoms with Crippen LogP contribution in [0, 0.1) is 0 Å². The zero-order chi connectivity index (χ0) is 14.6. The molecule has 3 N–H and O–H groups in total. The molecule has 0 spiro atoms. The number of hydrogen-bond acceptors (Lipinski definition) is 3. The predicted molar refractivity (Wildman–Crippen MR) is 83.1 cm³/mol. The van der Waals surface area contributed by atoms with Crippen molar-refractivity contribution < 1.29 is 0 Å². The molecule has 1 aromatic rings. The average Bonchev–Trinajstić information content (AvgIpc) is 2.35. The zero-order valence-corrected chi connectivity index (χ0v) is 13.2. The number of likely N-dealkylation sites (N-methyl/N-ethyl adjacent to an activating group) is 1. The van der Waals surface area contributed by atoms with E-state index in [0.717, 1.165) is 6.42 Å². The lowest BCUT2D eigenvalue weighted by Crippen LogP contribution is -2.58. The van der Waals surface area contributed by atoms with E-state index in [0.29, 0.717) is 5.92 Å². The lowest BCUT2D eigenvalue weighted by Gasteiger charge is -2.40. The van der Waals surface area contributed by atoms with Gasteiger partial charge in [-0.25, -0.2) is 0 Å². The fourth-order valence-corrected chi connectivity index (χ4v) is 2.10. The highest BCUT2D eigenvalue weighted by atomic mass is 15.3. The van der Waals surface area contributed by atoms with Gasteiger partial charge in [0.2, 0.25) is 0 Å². The van der Waals surface area contributed by atoms with Crippen molar-refractivity contribution in [3.8, 4) is 0 Å². The molecule has 0 amide bonds. The quantitative estimate of drug-likeness (QED) is 0.612. The third-order valence-corrected chi connectivity index (χ3v) is 4.29. The van der Waals surface area contributed by atoms with E-state index >= 15 is 0 Å². The Morgan fingerprint density at radius 3 is 2.05 bits per heavy atom. The van der Waals surface area contributed by atoms with Crippen molar-refractivity contribution in [3.63, 3.8) is 0 Å². The molecule has 108 valence electrons. The molecule has 0 bridgehead atoms. The first-order valence-corrected chi connectivity index (χ1v) is 7.01. The van der Waals surface area contributed by atoms with Gasteiger partial charge in [-0.15, -0.1) is 0 Å². The summed E-state index contributed by atoms with van der Waals surface area (Å²) in [5, 5.41) is 0. The normalized spacial score (nSPS) is 14.2. The lowest BCUT2D eigenvalue weighted by atomic mass is 9.88. The Labute approximate surface area is 118 Å². The van der Waals surface area contributed by atoms with Gasteiger partial charge in [0.05, 0.1) is 0 Å². The van der Waals surface area contributed by atoms with Gasteiger partial charge in [-0.1, -0.05) is 38.1 Å². The van der Waals surface area contributed by atoms with E-state index in [2.05, 4.69) is 76.4 Å². The fourth-order valence-electron chi connectivity index (χ4n) is 2.10. The molecule has 0 radical (unpaired) electrons. The fraction of sp³-hybridized carbons (Fsp3) is 0.625. The number of nitrogens with two attached hydrogens (primary N) is 1. The number of hydrogen-bond donors (Lipinski definition) is 2. The molecule has 1 rings (SSSR count). The van der Waals surface area contributed by atoms with Crippen LogP contribution in [-0.4, -0.2) is 30.6 Å². The standard InChI is InChI=1S/C16H29N3/c1-12(2)14-9-7-13(8-10-14)11-15(18-17)16(3,4)19(5)6/h7-10,12,15,18H,11,17H2,1-6H3. The van der Waals surface area contributed by atoms with Gasteiger partial charge in [-0.05, 0) is 51.4 Å². The van der Waals surface area contributed by atoms with Gasteiger partial charge in [0.15, 0.2) is 0 Å². The van der Waals surface area contributed by atoms with Crippen LogP contribution in [0.3, 0.4) is 0 Å². The molecule has 1 aromatic carbocycles. The van der Waals surface area contributed by atoms with E-state index in [1.807, 2.05) is 0 Å². The molecule has 0 aromatic heterocycles. The minimum absolute atomic E-state index is 0.00543. The number of nitrogens with zero attached hydrogens (tertiary/aromatic N) is 1. The van der Waals surface area contributed by atoms with Crippen molar-refractivity contribution in [2.45, 2.75) is 51.6 Å². The van der Waals surface area contributed by atoms with Crippen LogP contribution >= 0.6 is 0 Å². The molecule has 19 heavy (non-hydrogen) atoms. The predicted octanol–water partition coefficient (Wildman–Crippen LogP) is 2.52. The highest BCUT2D eigenvalue weighted by Crippen LogP contribution is 2.21. The Balaban J connectivity index is 2.82. The molecule has 0 saturated carbocycles. The van der Waals surface area contributed by atoms with E-state index in [1.165, 1.54) is 11.1 Å². The van der Waals surface area contributed by atoms with Crippen LogP contribution in [0.15, 0.2) is 24.3 Å². The maximum atomic E-state index is 5.75. The van der Waals surface area contributed by atoms with Crippen LogP contribution in [0.2, 0.25) is 0 Å². The summed E-state index contributed by atoms with van der Waals surface area (Å²) >= 11 is 0. The first-order chi connectivity index (χ1) is 8.78. The largest absolute Gasteiger partial charge is 0.303 e. The molecule has 3 nitrogen and oxygen atoms in total. The maximum Gasteiger partial charge on any atom is 0.0429 e. The third-order valence-electron chi connectivity index (χ3n) is 4.29. The van der Waals surface area contributed by atoms with Crippen molar-refractivity contribution in [1.29, 1.82) is 0 Å². The van der Waals surface area contributed by atoms with Crippen LogP contribution in [0.4, 0.5) is 0 Å². The highest BCUT2D eigenvalue weighted by molar-refractivity contribution is 5.25. The zero-order valence-electron chi connectivity index (χ0n) is 13.2. The Morgan fingerprint density at radius 1 is 1.16 bits per heavy atom. The highest BCUT2D eigenvalue weighted by Gasteiger charge is 2.30. The number of nitrogens with one attached hydrogen (secondary N) is 1. The minimum atomic E-state index is 0.00543. The number of benzene rings is 1. The summed E-state index contributed by atoms with van der Waals surface area (Å²) in [6.07, 6.45) is 0.931. The van der Waals surface area contributed by atoms with Crippen LogP contribution in [0.25, 0.3) is 0 Å². The summed E-state index contributed by atoms with van der Waals surface area (Å²) in [6, 6.07) is 9.08. The lowest BCUT2D eigenvalue weighted by molar-refractivity contribution is 0.137. The van der Waals surface area contributed by atoms with Crippen molar-refractivity contribution in [3.05, 3.63) is 35.4 Å². The second-order valence-corrected chi connectivity index (χ2v) is 6.37. The summed E-state index contributed by atoms with van der Waals surface area (Å²) in [6.45, 7) is 8.85. The van der Waals surface area contributed by atoms with Gasteiger partial charge in [0, 0.05) is 11.6 Å². The Bertz CT molecular complexity index is 379. The Hall–Kier alpha value is -0.900. The van der Waals surface area contributed by atoms with Gasteiger partial charge in [0.25, 0.3) is 0 Å². The second kappa shape index (κ2) is 6.51. The van der Waals surface area contributed by atoms with Gasteiger partial charge in [-0.2, -0.15) is 0 Å². The second-order valence-electron chi connectivity index (χ2n) is 6.37. The molecule has 0 saturated heterocycles. The number of hydrazine groups is 1. The SMILES string of the molecule is CC(C)c1ccc(CC(NN)C(C)(C)N(C)C)cc1. The summed E-state index contributed by atoms with van der Waals surface area (Å²) in [4.78, 5) is 2.21. The number of rotatable bonds is 6. The van der Waals surface area contributed by atoms with E-state index in [4.69, 9.17) is 5.84 Å². The van der Waals surface area contributed by atoms with Crippen LogP contribution in [0.1, 0.15) is 44.7 Å². The van der Waals surface area contributed by atoms with Gasteiger partial charge >= 0.3 is 0 Å².